The second-order valence-corrected chi connectivity index (χ2v) is 10.1. The van der Waals surface area contributed by atoms with Crippen LogP contribution in [0.3, 0.4) is 0 Å². The summed E-state index contributed by atoms with van der Waals surface area (Å²) in [5.41, 5.74) is 0.0610. The van der Waals surface area contributed by atoms with Gasteiger partial charge in [0.2, 0.25) is 11.8 Å². The standard InChI is InChI=1S/C29H24F4N4O3/c1-40-22-4-2-3-17(14-22)26-23(35-27(39)28(11-12-28)29(31,32)33)15-25(38)36(26)21-9-10-24-18(13-21)16-34-37(24)20-7-5-19(30)6-8-20/h2-10,13-14,16,23,26H,11-12,15H2,1H3,(H,35,39)/t23-,26?/m0/s1. The minimum Gasteiger partial charge on any atom is -0.497 e. The Labute approximate surface area is 226 Å². The molecule has 1 N–H and O–H groups in total. The number of ether oxygens (including phenoxy) is 1. The summed E-state index contributed by atoms with van der Waals surface area (Å²) in [5.74, 6) is -1.32. The molecular formula is C29H24F4N4O3. The molecule has 2 aliphatic rings. The van der Waals surface area contributed by atoms with Crippen molar-refractivity contribution in [3.05, 3.63) is 84.3 Å². The summed E-state index contributed by atoms with van der Waals surface area (Å²) >= 11 is 0. The van der Waals surface area contributed by atoms with Gasteiger partial charge in [0.1, 0.15) is 17.0 Å². The Hall–Kier alpha value is -4.41. The first-order chi connectivity index (χ1) is 19.1. The quantitative estimate of drug-likeness (QED) is 0.322. The zero-order valence-electron chi connectivity index (χ0n) is 21.3. The van der Waals surface area contributed by atoms with Gasteiger partial charge in [-0.15, -0.1) is 0 Å². The number of rotatable bonds is 6. The van der Waals surface area contributed by atoms with Crippen molar-refractivity contribution < 1.29 is 31.9 Å². The summed E-state index contributed by atoms with van der Waals surface area (Å²) < 4.78 is 61.4. The van der Waals surface area contributed by atoms with Crippen molar-refractivity contribution in [1.82, 2.24) is 15.1 Å². The maximum Gasteiger partial charge on any atom is 0.403 e. The second-order valence-electron chi connectivity index (χ2n) is 10.1. The SMILES string of the molecule is COc1cccc(C2[C@@H](NC(=O)C3(C(F)(F)F)CC3)CC(=O)N2c2ccc3c(cnn3-c3ccc(F)cc3)c2)c1. The fraction of sp³-hybridized carbons (Fsp3) is 0.276. The molecule has 3 aromatic carbocycles. The predicted octanol–water partition coefficient (Wildman–Crippen LogP) is 5.48. The Balaban J connectivity index is 1.38. The number of aromatic nitrogens is 2. The number of anilines is 1. The fourth-order valence-electron chi connectivity index (χ4n) is 5.40. The van der Waals surface area contributed by atoms with E-state index in [0.29, 0.717) is 33.6 Å². The molecule has 2 atom stereocenters. The van der Waals surface area contributed by atoms with E-state index in [4.69, 9.17) is 4.74 Å². The normalized spacial score (nSPS) is 20.1. The van der Waals surface area contributed by atoms with Gasteiger partial charge in [-0.3, -0.25) is 9.59 Å². The number of carbonyl (C=O) groups excluding carboxylic acids is 2. The van der Waals surface area contributed by atoms with E-state index < -0.39 is 29.6 Å². The number of amides is 2. The lowest BCUT2D eigenvalue weighted by Gasteiger charge is -2.30. The third-order valence-electron chi connectivity index (χ3n) is 7.70. The number of hydrogen-bond acceptors (Lipinski definition) is 4. The first kappa shape index (κ1) is 25.8. The highest BCUT2D eigenvalue weighted by Gasteiger charge is 2.69. The number of methoxy groups -OCH3 is 1. The largest absolute Gasteiger partial charge is 0.497 e. The van der Waals surface area contributed by atoms with Gasteiger partial charge < -0.3 is 15.0 Å². The zero-order chi connectivity index (χ0) is 28.2. The van der Waals surface area contributed by atoms with Crippen molar-refractivity contribution in [1.29, 1.82) is 0 Å². The van der Waals surface area contributed by atoms with Gasteiger partial charge in [-0.1, -0.05) is 12.1 Å². The molecule has 1 aromatic heterocycles. The molecule has 2 amide bonds. The summed E-state index contributed by atoms with van der Waals surface area (Å²) in [6.45, 7) is 0. The number of nitrogens with one attached hydrogen (secondary N) is 1. The molecule has 40 heavy (non-hydrogen) atoms. The van der Waals surface area contributed by atoms with E-state index in [2.05, 4.69) is 10.4 Å². The van der Waals surface area contributed by atoms with Crippen LogP contribution in [-0.4, -0.2) is 40.9 Å². The van der Waals surface area contributed by atoms with Gasteiger partial charge in [0.15, 0.2) is 0 Å². The number of fused-ring (bicyclic) bond motifs is 1. The molecule has 2 fully saturated rings. The number of alkyl halides is 3. The summed E-state index contributed by atoms with van der Waals surface area (Å²) in [4.78, 5) is 27.8. The van der Waals surface area contributed by atoms with Gasteiger partial charge >= 0.3 is 6.18 Å². The molecule has 1 aliphatic carbocycles. The minimum absolute atomic E-state index is 0.172. The summed E-state index contributed by atoms with van der Waals surface area (Å²) in [6.07, 6.45) is -3.77. The lowest BCUT2D eigenvalue weighted by molar-refractivity contribution is -0.192. The molecule has 1 aliphatic heterocycles. The van der Waals surface area contributed by atoms with Gasteiger partial charge in [0, 0.05) is 17.5 Å². The van der Waals surface area contributed by atoms with Crippen LogP contribution >= 0.6 is 0 Å². The maximum atomic E-state index is 13.7. The lowest BCUT2D eigenvalue weighted by atomic mass is 9.97. The van der Waals surface area contributed by atoms with Crippen molar-refractivity contribution in [2.75, 3.05) is 12.0 Å². The van der Waals surface area contributed by atoms with Crippen molar-refractivity contribution >= 4 is 28.4 Å². The van der Waals surface area contributed by atoms with Gasteiger partial charge in [0.05, 0.1) is 36.6 Å². The lowest BCUT2D eigenvalue weighted by Crippen LogP contribution is -2.47. The van der Waals surface area contributed by atoms with Gasteiger partial charge in [-0.25, -0.2) is 9.07 Å². The average Bonchev–Trinajstić information content (AvgIpc) is 3.57. The van der Waals surface area contributed by atoms with Crippen molar-refractivity contribution in [3.8, 4) is 11.4 Å². The summed E-state index contributed by atoms with van der Waals surface area (Å²) in [5, 5.41) is 7.66. The average molecular weight is 553 g/mol. The van der Waals surface area contributed by atoms with Crippen LogP contribution in [0.15, 0.2) is 72.9 Å². The third kappa shape index (κ3) is 4.25. The van der Waals surface area contributed by atoms with E-state index >= 15 is 0 Å². The Kier molecular flexibility index (Phi) is 6.04. The monoisotopic (exact) mass is 552 g/mol. The number of carbonyl (C=O) groups is 2. The van der Waals surface area contributed by atoms with Crippen LogP contribution in [0, 0.1) is 11.2 Å². The van der Waals surface area contributed by atoms with Gasteiger partial charge in [-0.05, 0) is 73.0 Å². The van der Waals surface area contributed by atoms with Crippen molar-refractivity contribution in [2.24, 2.45) is 5.41 Å². The highest BCUT2D eigenvalue weighted by atomic mass is 19.4. The highest BCUT2D eigenvalue weighted by molar-refractivity contribution is 6.00. The number of benzene rings is 3. The van der Waals surface area contributed by atoms with E-state index in [1.807, 2.05) is 0 Å². The van der Waals surface area contributed by atoms with Crippen LogP contribution in [0.25, 0.3) is 16.6 Å². The van der Waals surface area contributed by atoms with E-state index in [9.17, 15) is 27.2 Å². The number of nitrogens with zero attached hydrogens (tertiary/aromatic N) is 3. The molecule has 0 radical (unpaired) electrons. The van der Waals surface area contributed by atoms with Gasteiger partial charge in [-0.2, -0.15) is 18.3 Å². The summed E-state index contributed by atoms with van der Waals surface area (Å²) in [7, 11) is 1.49. The number of halogens is 4. The number of hydrogen-bond donors (Lipinski definition) is 1. The molecular weight excluding hydrogens is 528 g/mol. The smallest absolute Gasteiger partial charge is 0.403 e. The molecule has 1 saturated carbocycles. The third-order valence-corrected chi connectivity index (χ3v) is 7.70. The molecule has 11 heteroatoms. The van der Waals surface area contributed by atoms with E-state index in [-0.39, 0.29) is 31.0 Å². The first-order valence-corrected chi connectivity index (χ1v) is 12.7. The Morgan fingerprint density at radius 3 is 2.45 bits per heavy atom. The molecule has 0 bridgehead atoms. The van der Waals surface area contributed by atoms with Crippen LogP contribution in [0.2, 0.25) is 0 Å². The van der Waals surface area contributed by atoms with E-state index in [0.717, 1.165) is 0 Å². The van der Waals surface area contributed by atoms with Crippen LogP contribution in [-0.2, 0) is 9.59 Å². The molecule has 0 spiro atoms. The minimum atomic E-state index is -4.67. The Bertz CT molecular complexity index is 1610. The molecule has 7 nitrogen and oxygen atoms in total. The van der Waals surface area contributed by atoms with E-state index in [1.54, 1.807) is 65.5 Å². The summed E-state index contributed by atoms with van der Waals surface area (Å²) in [6, 6.07) is 16.3. The first-order valence-electron chi connectivity index (χ1n) is 12.7. The van der Waals surface area contributed by atoms with E-state index in [1.165, 1.54) is 24.1 Å². The maximum absolute atomic E-state index is 13.7. The highest BCUT2D eigenvalue weighted by Crippen LogP contribution is 2.58. The zero-order valence-corrected chi connectivity index (χ0v) is 21.3. The topological polar surface area (TPSA) is 76.5 Å². The van der Waals surface area contributed by atoms with Crippen molar-refractivity contribution in [2.45, 2.75) is 37.5 Å². The molecule has 206 valence electrons. The molecule has 6 rings (SSSR count). The predicted molar refractivity (Wildman–Crippen MR) is 139 cm³/mol. The van der Waals surface area contributed by atoms with Crippen LogP contribution in [0.5, 0.6) is 5.75 Å². The van der Waals surface area contributed by atoms with Crippen LogP contribution in [0.1, 0.15) is 30.9 Å². The molecule has 1 saturated heterocycles. The fourth-order valence-corrected chi connectivity index (χ4v) is 5.40. The Morgan fingerprint density at radius 2 is 1.77 bits per heavy atom. The Morgan fingerprint density at radius 1 is 1.05 bits per heavy atom. The molecule has 2 heterocycles. The molecule has 1 unspecified atom stereocenters. The van der Waals surface area contributed by atoms with Gasteiger partial charge in [0.25, 0.3) is 0 Å². The second kappa shape index (κ2) is 9.35. The van der Waals surface area contributed by atoms with Crippen LogP contribution < -0.4 is 15.0 Å². The van der Waals surface area contributed by atoms with Crippen molar-refractivity contribution in [3.63, 3.8) is 0 Å². The molecule has 4 aromatic rings. The van der Waals surface area contributed by atoms with Crippen LogP contribution in [0.4, 0.5) is 23.2 Å².